The highest BCUT2D eigenvalue weighted by molar-refractivity contribution is 7.12. The summed E-state index contributed by atoms with van der Waals surface area (Å²) >= 11 is 1.83. The van der Waals surface area contributed by atoms with E-state index in [1.54, 1.807) is 6.20 Å². The summed E-state index contributed by atoms with van der Waals surface area (Å²) in [7, 11) is 0. The Morgan fingerprint density at radius 1 is 1.40 bits per heavy atom. The Balaban J connectivity index is 1.32. The Labute approximate surface area is 152 Å². The van der Waals surface area contributed by atoms with Gasteiger partial charge >= 0.3 is 0 Å². The number of amides is 1. The van der Waals surface area contributed by atoms with Crippen LogP contribution in [0.3, 0.4) is 0 Å². The molecule has 0 radical (unpaired) electrons. The van der Waals surface area contributed by atoms with Gasteiger partial charge in [-0.05, 0) is 48.4 Å². The van der Waals surface area contributed by atoms with Crippen molar-refractivity contribution >= 4 is 17.2 Å². The number of fused-ring (bicyclic) bond motifs is 1. The van der Waals surface area contributed by atoms with E-state index in [4.69, 9.17) is 4.74 Å². The molecule has 1 saturated carbocycles. The Morgan fingerprint density at radius 2 is 2.28 bits per heavy atom. The van der Waals surface area contributed by atoms with E-state index in [0.29, 0.717) is 19.1 Å². The zero-order valence-corrected chi connectivity index (χ0v) is 15.4. The maximum absolute atomic E-state index is 12.6. The van der Waals surface area contributed by atoms with E-state index in [9.17, 15) is 4.79 Å². The third kappa shape index (κ3) is 3.77. The average Bonchev–Trinajstić information content (AvgIpc) is 3.01. The van der Waals surface area contributed by atoms with Crippen molar-refractivity contribution in [1.29, 1.82) is 0 Å². The van der Waals surface area contributed by atoms with Crippen molar-refractivity contribution in [1.82, 2.24) is 9.88 Å². The van der Waals surface area contributed by atoms with Gasteiger partial charge in [-0.2, -0.15) is 0 Å². The average molecular weight is 356 g/mol. The molecule has 2 aromatic rings. The van der Waals surface area contributed by atoms with Crippen molar-refractivity contribution in [3.05, 3.63) is 51.5 Å². The van der Waals surface area contributed by atoms with Crippen LogP contribution in [0.4, 0.5) is 0 Å². The SMILES string of the molecule is CC1CC(C(=O)N2CCc3sc(COCc4cccnc4)cc3C2)C1. The van der Waals surface area contributed by atoms with Gasteiger partial charge < -0.3 is 9.64 Å². The first-order valence-corrected chi connectivity index (χ1v) is 9.86. The Hall–Kier alpha value is -1.72. The maximum Gasteiger partial charge on any atom is 0.226 e. The van der Waals surface area contributed by atoms with E-state index in [-0.39, 0.29) is 5.92 Å². The van der Waals surface area contributed by atoms with Gasteiger partial charge in [-0.1, -0.05) is 13.0 Å². The van der Waals surface area contributed by atoms with Crippen LogP contribution in [0.1, 0.15) is 40.6 Å². The fourth-order valence-electron chi connectivity index (χ4n) is 3.77. The molecule has 0 bridgehead atoms. The Kier molecular flexibility index (Phi) is 4.86. The molecule has 132 valence electrons. The highest BCUT2D eigenvalue weighted by Gasteiger charge is 2.35. The number of ether oxygens (including phenoxy) is 1. The summed E-state index contributed by atoms with van der Waals surface area (Å²) in [4.78, 5) is 21.4. The van der Waals surface area contributed by atoms with Crippen molar-refractivity contribution in [2.45, 2.75) is 45.9 Å². The number of thiophene rings is 1. The lowest BCUT2D eigenvalue weighted by molar-refractivity contribution is -0.140. The molecule has 25 heavy (non-hydrogen) atoms. The normalized spacial score (nSPS) is 22.4. The van der Waals surface area contributed by atoms with Crippen LogP contribution in [-0.4, -0.2) is 22.3 Å². The molecule has 5 heteroatoms. The topological polar surface area (TPSA) is 42.4 Å². The second-order valence-electron chi connectivity index (χ2n) is 7.30. The predicted octanol–water partition coefficient (Wildman–Crippen LogP) is 3.79. The first-order valence-electron chi connectivity index (χ1n) is 9.05. The van der Waals surface area contributed by atoms with E-state index in [1.165, 1.54) is 15.3 Å². The van der Waals surface area contributed by atoms with Crippen molar-refractivity contribution in [2.24, 2.45) is 11.8 Å². The third-order valence-electron chi connectivity index (χ3n) is 5.19. The lowest BCUT2D eigenvalue weighted by atomic mass is 9.75. The predicted molar refractivity (Wildman–Crippen MR) is 98.1 cm³/mol. The first kappa shape index (κ1) is 16.7. The van der Waals surface area contributed by atoms with E-state index in [1.807, 2.05) is 29.7 Å². The van der Waals surface area contributed by atoms with Gasteiger partial charge in [-0.25, -0.2) is 0 Å². The molecule has 1 aliphatic carbocycles. The molecule has 4 nitrogen and oxygen atoms in total. The molecule has 0 spiro atoms. The highest BCUT2D eigenvalue weighted by atomic mass is 32.1. The standard InChI is InChI=1S/C20H24N2O2S/c1-14-7-16(8-14)20(23)22-6-4-19-17(11-22)9-18(25-19)13-24-12-15-3-2-5-21-10-15/h2-3,5,9-10,14,16H,4,6-8,11-13H2,1H3. The lowest BCUT2D eigenvalue weighted by Crippen LogP contribution is -2.43. The summed E-state index contributed by atoms with van der Waals surface area (Å²) in [5, 5.41) is 0. The monoisotopic (exact) mass is 356 g/mol. The molecule has 1 amide bonds. The Morgan fingerprint density at radius 3 is 3.04 bits per heavy atom. The van der Waals surface area contributed by atoms with Crippen LogP contribution in [0.25, 0.3) is 0 Å². The van der Waals surface area contributed by atoms with Gasteiger partial charge in [0, 0.05) is 41.2 Å². The van der Waals surface area contributed by atoms with Gasteiger partial charge in [0.25, 0.3) is 0 Å². The maximum atomic E-state index is 12.6. The zero-order chi connectivity index (χ0) is 17.2. The van der Waals surface area contributed by atoms with E-state index >= 15 is 0 Å². The Bertz CT molecular complexity index is 737. The van der Waals surface area contributed by atoms with Gasteiger partial charge in [0.1, 0.15) is 0 Å². The number of nitrogens with zero attached hydrogens (tertiary/aromatic N) is 2. The number of hydrogen-bond donors (Lipinski definition) is 0. The molecular weight excluding hydrogens is 332 g/mol. The van der Waals surface area contributed by atoms with E-state index < -0.39 is 0 Å². The fourth-order valence-corrected chi connectivity index (χ4v) is 4.88. The molecule has 0 unspecified atom stereocenters. The number of hydrogen-bond acceptors (Lipinski definition) is 4. The minimum absolute atomic E-state index is 0.275. The summed E-state index contributed by atoms with van der Waals surface area (Å²) in [5.41, 5.74) is 2.41. The van der Waals surface area contributed by atoms with Crippen LogP contribution >= 0.6 is 11.3 Å². The minimum Gasteiger partial charge on any atom is -0.371 e. The quantitative estimate of drug-likeness (QED) is 0.818. The summed E-state index contributed by atoms with van der Waals surface area (Å²) in [6.07, 6.45) is 6.73. The molecule has 1 aliphatic heterocycles. The van der Waals surface area contributed by atoms with Crippen molar-refractivity contribution in [3.8, 4) is 0 Å². The molecule has 0 atom stereocenters. The molecule has 2 aromatic heterocycles. The lowest BCUT2D eigenvalue weighted by Gasteiger charge is -2.37. The number of rotatable bonds is 5. The van der Waals surface area contributed by atoms with Crippen LogP contribution < -0.4 is 0 Å². The smallest absolute Gasteiger partial charge is 0.226 e. The molecule has 4 rings (SSSR count). The number of carbonyl (C=O) groups is 1. The van der Waals surface area contributed by atoms with Gasteiger partial charge in [0.15, 0.2) is 0 Å². The zero-order valence-electron chi connectivity index (χ0n) is 14.6. The van der Waals surface area contributed by atoms with Crippen molar-refractivity contribution in [3.63, 3.8) is 0 Å². The van der Waals surface area contributed by atoms with Gasteiger partial charge in [0.2, 0.25) is 5.91 Å². The van der Waals surface area contributed by atoms with Crippen molar-refractivity contribution < 1.29 is 9.53 Å². The van der Waals surface area contributed by atoms with Gasteiger partial charge in [0.05, 0.1) is 13.2 Å². The first-order chi connectivity index (χ1) is 12.2. The fraction of sp³-hybridized carbons (Fsp3) is 0.500. The molecule has 3 heterocycles. The van der Waals surface area contributed by atoms with Crippen LogP contribution in [0.2, 0.25) is 0 Å². The van der Waals surface area contributed by atoms with Gasteiger partial charge in [-0.3, -0.25) is 9.78 Å². The van der Waals surface area contributed by atoms with E-state index in [0.717, 1.165) is 43.8 Å². The van der Waals surface area contributed by atoms with Crippen LogP contribution in [-0.2, 0) is 35.7 Å². The number of carbonyl (C=O) groups excluding carboxylic acids is 1. The molecule has 0 aromatic carbocycles. The van der Waals surface area contributed by atoms with Crippen LogP contribution in [0.15, 0.2) is 30.6 Å². The molecule has 2 aliphatic rings. The van der Waals surface area contributed by atoms with Gasteiger partial charge in [-0.15, -0.1) is 11.3 Å². The summed E-state index contributed by atoms with van der Waals surface area (Å²) in [5.74, 6) is 1.36. The van der Waals surface area contributed by atoms with Crippen LogP contribution in [0.5, 0.6) is 0 Å². The molecule has 0 saturated heterocycles. The number of aromatic nitrogens is 1. The summed E-state index contributed by atoms with van der Waals surface area (Å²) in [6, 6.07) is 6.18. The number of pyridine rings is 1. The summed E-state index contributed by atoms with van der Waals surface area (Å²) in [6.45, 7) is 5.08. The minimum atomic E-state index is 0.275. The second kappa shape index (κ2) is 7.26. The van der Waals surface area contributed by atoms with Crippen LogP contribution in [0, 0.1) is 11.8 Å². The third-order valence-corrected chi connectivity index (χ3v) is 6.40. The molecular formula is C20H24N2O2S. The van der Waals surface area contributed by atoms with E-state index in [2.05, 4.69) is 22.9 Å². The van der Waals surface area contributed by atoms with Crippen molar-refractivity contribution in [2.75, 3.05) is 6.54 Å². The molecule has 0 N–H and O–H groups in total. The highest BCUT2D eigenvalue weighted by Crippen LogP contribution is 2.36. The summed E-state index contributed by atoms with van der Waals surface area (Å²) < 4.78 is 5.82. The molecule has 1 fully saturated rings. The largest absolute Gasteiger partial charge is 0.371 e. The second-order valence-corrected chi connectivity index (χ2v) is 8.52.